The van der Waals surface area contributed by atoms with Crippen LogP contribution < -0.4 is 15.5 Å². The molecule has 0 radical (unpaired) electrons. The van der Waals surface area contributed by atoms with E-state index in [4.69, 9.17) is 4.74 Å². The first kappa shape index (κ1) is 21.0. The van der Waals surface area contributed by atoms with Crippen molar-refractivity contribution >= 4 is 11.6 Å². The number of nitrogens with one attached hydrogen (secondary N) is 2. The highest BCUT2D eigenvalue weighted by atomic mass is 19.4. The fraction of sp³-hybridized carbons (Fsp3) is 0.381. The van der Waals surface area contributed by atoms with E-state index in [1.165, 1.54) is 12.1 Å². The number of morpholine rings is 1. The van der Waals surface area contributed by atoms with Crippen molar-refractivity contribution in [1.82, 2.24) is 10.6 Å². The lowest BCUT2D eigenvalue weighted by molar-refractivity contribution is -0.138. The molecule has 0 spiro atoms. The van der Waals surface area contributed by atoms with Gasteiger partial charge in [0.05, 0.1) is 18.8 Å². The molecule has 156 valence electrons. The summed E-state index contributed by atoms with van der Waals surface area (Å²) < 4.78 is 46.2. The minimum Gasteiger partial charge on any atom is -0.378 e. The van der Waals surface area contributed by atoms with E-state index in [-0.39, 0.29) is 12.1 Å². The summed E-state index contributed by atoms with van der Waals surface area (Å²) in [4.78, 5) is 6.01. The molecule has 0 aliphatic carbocycles. The highest BCUT2D eigenvalue weighted by Gasteiger charge is 2.34. The van der Waals surface area contributed by atoms with Crippen LogP contribution in [0.2, 0.25) is 0 Å². The number of nitrogens with zero attached hydrogens (tertiary/aromatic N) is 2. The average Bonchev–Trinajstić information content (AvgIpc) is 2.74. The topological polar surface area (TPSA) is 48.9 Å². The fourth-order valence-corrected chi connectivity index (χ4v) is 3.18. The number of aliphatic imine (C=N–C) groups is 1. The first-order chi connectivity index (χ1) is 14.0. The zero-order valence-electron chi connectivity index (χ0n) is 16.3. The molecule has 0 bridgehead atoms. The van der Waals surface area contributed by atoms with Gasteiger partial charge in [-0.2, -0.15) is 13.2 Å². The molecule has 2 aromatic rings. The van der Waals surface area contributed by atoms with Gasteiger partial charge in [-0.25, -0.2) is 0 Å². The predicted octanol–water partition coefficient (Wildman–Crippen LogP) is 3.41. The summed E-state index contributed by atoms with van der Waals surface area (Å²) in [5, 5.41) is 6.09. The Balaban J connectivity index is 1.68. The smallest absolute Gasteiger partial charge is 0.378 e. The monoisotopic (exact) mass is 406 g/mol. The number of anilines is 1. The molecule has 2 N–H and O–H groups in total. The highest BCUT2D eigenvalue weighted by molar-refractivity contribution is 5.79. The predicted molar refractivity (Wildman–Crippen MR) is 108 cm³/mol. The van der Waals surface area contributed by atoms with Crippen LogP contribution in [0.5, 0.6) is 0 Å². The Kier molecular flexibility index (Phi) is 6.98. The van der Waals surface area contributed by atoms with Gasteiger partial charge in [-0.15, -0.1) is 0 Å². The summed E-state index contributed by atoms with van der Waals surface area (Å²) in [6.45, 7) is 2.77. The first-order valence-corrected chi connectivity index (χ1v) is 9.48. The van der Waals surface area contributed by atoms with Gasteiger partial charge in [0.2, 0.25) is 0 Å². The molecule has 5 nitrogen and oxygen atoms in total. The Labute approximate surface area is 168 Å². The molecule has 1 saturated heterocycles. The number of benzene rings is 2. The van der Waals surface area contributed by atoms with Crippen LogP contribution in [-0.2, 0) is 24.0 Å². The first-order valence-electron chi connectivity index (χ1n) is 9.48. The van der Waals surface area contributed by atoms with Gasteiger partial charge in [-0.1, -0.05) is 36.4 Å². The van der Waals surface area contributed by atoms with E-state index in [2.05, 4.69) is 15.6 Å². The zero-order valence-corrected chi connectivity index (χ0v) is 16.3. The van der Waals surface area contributed by atoms with Crippen LogP contribution in [0.1, 0.15) is 16.7 Å². The van der Waals surface area contributed by atoms with Gasteiger partial charge < -0.3 is 20.3 Å². The maximum atomic E-state index is 13.7. The summed E-state index contributed by atoms with van der Waals surface area (Å²) in [6.07, 6.45) is -4.43. The molecule has 0 unspecified atom stereocenters. The standard InChI is InChI=1S/C21H25F3N4O/c1-25-20(26-14-16-5-3-2-4-6-16)27-15-17-7-8-18(13-19(17)21(22,23)24)28-9-11-29-12-10-28/h2-8,13H,9-12,14-15H2,1H3,(H2,25,26,27). The minimum atomic E-state index is -4.43. The van der Waals surface area contributed by atoms with Gasteiger partial charge in [-0.3, -0.25) is 4.99 Å². The molecule has 0 saturated carbocycles. The van der Waals surface area contributed by atoms with Crippen LogP contribution in [-0.4, -0.2) is 39.3 Å². The Morgan fingerprint density at radius 2 is 1.72 bits per heavy atom. The van der Waals surface area contributed by atoms with Crippen LogP contribution in [0.15, 0.2) is 53.5 Å². The van der Waals surface area contributed by atoms with Crippen LogP contribution in [0.4, 0.5) is 18.9 Å². The zero-order chi connectivity index (χ0) is 20.7. The number of ether oxygens (including phenoxy) is 1. The number of alkyl halides is 3. The number of hydrogen-bond acceptors (Lipinski definition) is 3. The minimum absolute atomic E-state index is 0.0205. The second-order valence-electron chi connectivity index (χ2n) is 6.70. The lowest BCUT2D eigenvalue weighted by atomic mass is 10.0. The summed E-state index contributed by atoms with van der Waals surface area (Å²) in [5.41, 5.74) is 1.17. The van der Waals surface area contributed by atoms with Gasteiger partial charge in [0.1, 0.15) is 0 Å². The van der Waals surface area contributed by atoms with Crippen molar-refractivity contribution in [3.8, 4) is 0 Å². The Morgan fingerprint density at radius 1 is 1.03 bits per heavy atom. The number of guanidine groups is 1. The van der Waals surface area contributed by atoms with Crippen molar-refractivity contribution in [2.24, 2.45) is 4.99 Å². The number of halogens is 3. The molecule has 0 atom stereocenters. The van der Waals surface area contributed by atoms with Crippen LogP contribution in [0.25, 0.3) is 0 Å². The van der Waals surface area contributed by atoms with Crippen molar-refractivity contribution in [2.75, 3.05) is 38.3 Å². The third-order valence-corrected chi connectivity index (χ3v) is 4.75. The molecule has 2 aromatic carbocycles. The number of hydrogen-bond donors (Lipinski definition) is 2. The molecular weight excluding hydrogens is 381 g/mol. The maximum Gasteiger partial charge on any atom is 0.416 e. The van der Waals surface area contributed by atoms with E-state index >= 15 is 0 Å². The summed E-state index contributed by atoms with van der Waals surface area (Å²) >= 11 is 0. The molecular formula is C21H25F3N4O. The van der Waals surface area contributed by atoms with Crippen LogP contribution in [0, 0.1) is 0 Å². The molecule has 1 heterocycles. The Bertz CT molecular complexity index is 818. The van der Waals surface area contributed by atoms with E-state index in [1.54, 1.807) is 13.1 Å². The summed E-state index contributed by atoms with van der Waals surface area (Å²) in [5.74, 6) is 0.444. The largest absolute Gasteiger partial charge is 0.416 e. The van der Waals surface area contributed by atoms with Gasteiger partial charge in [-0.05, 0) is 23.3 Å². The van der Waals surface area contributed by atoms with Crippen LogP contribution >= 0.6 is 0 Å². The van der Waals surface area contributed by atoms with E-state index in [0.717, 1.165) is 5.56 Å². The molecule has 8 heteroatoms. The lowest BCUT2D eigenvalue weighted by Gasteiger charge is -2.29. The van der Waals surface area contributed by atoms with E-state index in [1.807, 2.05) is 35.2 Å². The highest BCUT2D eigenvalue weighted by Crippen LogP contribution is 2.35. The van der Waals surface area contributed by atoms with Gasteiger partial charge in [0.15, 0.2) is 5.96 Å². The van der Waals surface area contributed by atoms with E-state index in [9.17, 15) is 13.2 Å². The van der Waals surface area contributed by atoms with Gasteiger partial charge in [0, 0.05) is 38.9 Å². The van der Waals surface area contributed by atoms with E-state index < -0.39 is 11.7 Å². The molecule has 1 fully saturated rings. The third-order valence-electron chi connectivity index (χ3n) is 4.75. The molecule has 0 amide bonds. The fourth-order valence-electron chi connectivity index (χ4n) is 3.18. The molecule has 1 aliphatic rings. The Morgan fingerprint density at radius 3 is 2.38 bits per heavy atom. The summed E-state index contributed by atoms with van der Waals surface area (Å²) in [6, 6.07) is 14.2. The molecule has 3 rings (SSSR count). The maximum absolute atomic E-state index is 13.7. The van der Waals surface area contributed by atoms with Crippen molar-refractivity contribution in [1.29, 1.82) is 0 Å². The second-order valence-corrected chi connectivity index (χ2v) is 6.70. The van der Waals surface area contributed by atoms with Crippen molar-refractivity contribution in [3.05, 3.63) is 65.2 Å². The van der Waals surface area contributed by atoms with Gasteiger partial charge >= 0.3 is 6.18 Å². The summed E-state index contributed by atoms with van der Waals surface area (Å²) in [7, 11) is 1.59. The van der Waals surface area contributed by atoms with Crippen LogP contribution in [0.3, 0.4) is 0 Å². The van der Waals surface area contributed by atoms with Crippen molar-refractivity contribution in [3.63, 3.8) is 0 Å². The van der Waals surface area contributed by atoms with Gasteiger partial charge in [0.25, 0.3) is 0 Å². The molecule has 0 aromatic heterocycles. The second kappa shape index (κ2) is 9.65. The lowest BCUT2D eigenvalue weighted by Crippen LogP contribution is -2.37. The SMILES string of the molecule is CN=C(NCc1ccccc1)NCc1ccc(N2CCOCC2)cc1C(F)(F)F. The Hall–Kier alpha value is -2.74. The molecule has 29 heavy (non-hydrogen) atoms. The van der Waals surface area contributed by atoms with Crippen molar-refractivity contribution < 1.29 is 17.9 Å². The van der Waals surface area contributed by atoms with E-state index in [0.29, 0.717) is 44.5 Å². The quantitative estimate of drug-likeness (QED) is 0.590. The van der Waals surface area contributed by atoms with Crippen molar-refractivity contribution in [2.45, 2.75) is 19.3 Å². The molecule has 1 aliphatic heterocycles. The third kappa shape index (κ3) is 5.87. The number of rotatable bonds is 5. The average molecular weight is 406 g/mol. The normalized spacial score (nSPS) is 15.3.